The monoisotopic (exact) mass is 598 g/mol. The Kier molecular flexibility index (Phi) is 8.68. The summed E-state index contributed by atoms with van der Waals surface area (Å²) in [5, 5.41) is 5.90. The quantitative estimate of drug-likeness (QED) is 0.259. The summed E-state index contributed by atoms with van der Waals surface area (Å²) < 4.78 is 30.7. The molecule has 11 heteroatoms. The third-order valence-corrected chi connectivity index (χ3v) is 7.43. The summed E-state index contributed by atoms with van der Waals surface area (Å²) in [4.78, 5) is 45.1. The van der Waals surface area contributed by atoms with Gasteiger partial charge in [-0.3, -0.25) is 19.4 Å². The van der Waals surface area contributed by atoms with Crippen LogP contribution in [0.1, 0.15) is 21.5 Å². The number of anilines is 1. The number of fused-ring (bicyclic) bond motifs is 1. The molecule has 5 aromatic rings. The van der Waals surface area contributed by atoms with E-state index in [0.29, 0.717) is 28.1 Å². The summed E-state index contributed by atoms with van der Waals surface area (Å²) >= 11 is 0. The van der Waals surface area contributed by atoms with E-state index >= 15 is 0 Å². The smallest absolute Gasteiger partial charge is 0.275 e. The van der Waals surface area contributed by atoms with Crippen LogP contribution in [0.25, 0.3) is 27.8 Å². The lowest BCUT2D eigenvalue weighted by atomic mass is 10.1. The van der Waals surface area contributed by atoms with Crippen molar-refractivity contribution in [1.82, 2.24) is 24.3 Å². The molecule has 0 saturated carbocycles. The summed E-state index contributed by atoms with van der Waals surface area (Å²) in [6, 6.07) is 15.4. The molecule has 0 fully saturated rings. The second kappa shape index (κ2) is 12.6. The first-order chi connectivity index (χ1) is 21.1. The molecule has 3 heterocycles. The van der Waals surface area contributed by atoms with Gasteiger partial charge in [-0.15, -0.1) is 0 Å². The van der Waals surface area contributed by atoms with Gasteiger partial charge in [0.2, 0.25) is 5.91 Å². The molecule has 0 radical (unpaired) electrons. The normalized spacial score (nSPS) is 11.9. The first kappa shape index (κ1) is 30.3. The molecule has 0 unspecified atom stereocenters. The number of nitrogens with zero attached hydrogens (tertiary/aromatic N) is 4. The Morgan fingerprint density at radius 1 is 1.05 bits per heavy atom. The minimum absolute atomic E-state index is 0.0221. The van der Waals surface area contributed by atoms with E-state index in [-0.39, 0.29) is 24.0 Å². The van der Waals surface area contributed by atoms with Crippen LogP contribution in [-0.2, 0) is 11.3 Å². The Morgan fingerprint density at radius 2 is 1.84 bits per heavy atom. The van der Waals surface area contributed by atoms with Gasteiger partial charge in [0.05, 0.1) is 29.6 Å². The van der Waals surface area contributed by atoms with Crippen LogP contribution in [0.2, 0.25) is 0 Å². The lowest BCUT2D eigenvalue weighted by molar-refractivity contribution is -0.118. The Morgan fingerprint density at radius 3 is 2.57 bits per heavy atom. The summed E-state index contributed by atoms with van der Waals surface area (Å²) in [6.45, 7) is 1.02. The van der Waals surface area contributed by atoms with Gasteiger partial charge in [-0.2, -0.15) is 0 Å². The van der Waals surface area contributed by atoms with Crippen LogP contribution in [0.3, 0.4) is 0 Å². The Labute approximate surface area is 252 Å². The van der Waals surface area contributed by atoms with Gasteiger partial charge in [0.25, 0.3) is 11.5 Å². The SMILES string of the molecule is CN[C@@H](CF)C(=O)Nc1ccc(-c2cccc(C(=O)N(C)C)c2)n(Cc2cncc(-n3cc(C)c4cc(F)ccc43)c2)c1=O. The van der Waals surface area contributed by atoms with Crippen LogP contribution >= 0.6 is 0 Å². The first-order valence-electron chi connectivity index (χ1n) is 13.9. The molecule has 0 bridgehead atoms. The second-order valence-corrected chi connectivity index (χ2v) is 10.7. The van der Waals surface area contributed by atoms with E-state index in [4.69, 9.17) is 0 Å². The highest BCUT2D eigenvalue weighted by Crippen LogP contribution is 2.26. The minimum Gasteiger partial charge on any atom is -0.345 e. The molecule has 0 saturated heterocycles. The number of hydrogen-bond acceptors (Lipinski definition) is 5. The number of alkyl halides is 1. The predicted octanol–water partition coefficient (Wildman–Crippen LogP) is 4.55. The van der Waals surface area contributed by atoms with E-state index in [2.05, 4.69) is 15.6 Å². The van der Waals surface area contributed by atoms with Crippen molar-refractivity contribution in [2.45, 2.75) is 19.5 Å². The van der Waals surface area contributed by atoms with Crippen molar-refractivity contribution in [1.29, 1.82) is 0 Å². The van der Waals surface area contributed by atoms with Crippen LogP contribution in [0.5, 0.6) is 0 Å². The predicted molar refractivity (Wildman–Crippen MR) is 166 cm³/mol. The molecule has 9 nitrogen and oxygen atoms in total. The van der Waals surface area contributed by atoms with Crippen LogP contribution in [0, 0.1) is 12.7 Å². The van der Waals surface area contributed by atoms with Crippen molar-refractivity contribution < 1.29 is 18.4 Å². The highest BCUT2D eigenvalue weighted by atomic mass is 19.1. The second-order valence-electron chi connectivity index (χ2n) is 10.7. The number of carbonyl (C=O) groups is 2. The van der Waals surface area contributed by atoms with Crippen molar-refractivity contribution in [3.63, 3.8) is 0 Å². The summed E-state index contributed by atoms with van der Waals surface area (Å²) in [6.07, 6.45) is 5.21. The molecule has 226 valence electrons. The van der Waals surface area contributed by atoms with Gasteiger partial charge in [0.1, 0.15) is 24.2 Å². The van der Waals surface area contributed by atoms with E-state index in [0.717, 1.165) is 16.5 Å². The van der Waals surface area contributed by atoms with E-state index in [1.165, 1.54) is 34.7 Å². The molecule has 2 aromatic carbocycles. The Balaban J connectivity index is 1.60. The zero-order chi connectivity index (χ0) is 31.5. The molecular weight excluding hydrogens is 566 g/mol. The molecular formula is C33H32F2N6O3. The summed E-state index contributed by atoms with van der Waals surface area (Å²) in [7, 11) is 4.77. The van der Waals surface area contributed by atoms with Crippen LogP contribution in [-0.4, -0.2) is 64.7 Å². The van der Waals surface area contributed by atoms with Crippen LogP contribution in [0.15, 0.2) is 84.0 Å². The van der Waals surface area contributed by atoms with Crippen molar-refractivity contribution in [2.24, 2.45) is 0 Å². The zero-order valence-corrected chi connectivity index (χ0v) is 24.8. The van der Waals surface area contributed by atoms with Gasteiger partial charge >= 0.3 is 0 Å². The maximum Gasteiger partial charge on any atom is 0.275 e. The topological polar surface area (TPSA) is 101 Å². The van der Waals surface area contributed by atoms with Crippen molar-refractivity contribution in [3.8, 4) is 16.9 Å². The van der Waals surface area contributed by atoms with Crippen LogP contribution in [0.4, 0.5) is 14.5 Å². The summed E-state index contributed by atoms with van der Waals surface area (Å²) in [5.41, 5.74) is 4.11. The number of halogens is 2. The van der Waals surface area contributed by atoms with Gasteiger partial charge in [-0.25, -0.2) is 8.78 Å². The van der Waals surface area contributed by atoms with E-state index < -0.39 is 24.2 Å². The fraction of sp³-hybridized carbons (Fsp3) is 0.212. The average Bonchev–Trinajstić information content (AvgIpc) is 3.34. The van der Waals surface area contributed by atoms with Gasteiger partial charge in [0.15, 0.2) is 0 Å². The average molecular weight is 599 g/mol. The summed E-state index contributed by atoms with van der Waals surface area (Å²) in [5.74, 6) is -1.20. The largest absolute Gasteiger partial charge is 0.345 e. The van der Waals surface area contributed by atoms with Gasteiger partial charge in [-0.05, 0) is 79.2 Å². The maximum absolute atomic E-state index is 13.9. The van der Waals surface area contributed by atoms with Gasteiger partial charge in [-0.1, -0.05) is 12.1 Å². The fourth-order valence-corrected chi connectivity index (χ4v) is 5.11. The number of benzene rings is 2. The zero-order valence-electron chi connectivity index (χ0n) is 24.8. The molecule has 0 spiro atoms. The number of aryl methyl sites for hydroxylation is 1. The number of likely N-dealkylation sites (N-methyl/N-ethyl adjacent to an activating group) is 1. The molecule has 0 aliphatic carbocycles. The molecule has 3 aromatic heterocycles. The maximum atomic E-state index is 13.9. The lowest BCUT2D eigenvalue weighted by Crippen LogP contribution is -2.41. The minimum atomic E-state index is -1.12. The Bertz CT molecular complexity index is 1930. The van der Waals surface area contributed by atoms with Crippen molar-refractivity contribution in [3.05, 3.63) is 112 Å². The third-order valence-electron chi connectivity index (χ3n) is 7.43. The highest BCUT2D eigenvalue weighted by Gasteiger charge is 2.20. The molecule has 2 N–H and O–H groups in total. The van der Waals surface area contributed by atoms with E-state index in [1.54, 1.807) is 62.9 Å². The van der Waals surface area contributed by atoms with Crippen molar-refractivity contribution >= 4 is 28.4 Å². The number of pyridine rings is 2. The molecule has 0 aliphatic heterocycles. The Hall–Kier alpha value is -5.16. The number of rotatable bonds is 9. The standard InChI is InChI=1S/C33H32F2N6O3/c1-20-18-40(30-10-8-24(35)14-26(20)30)25-12-21(16-37-17-25)19-41-29(22-6-5-7-23(13-22)32(43)39(3)4)11-9-27(33(41)44)38-31(42)28(15-34)36-2/h5-14,16-18,28,36H,15,19H2,1-4H3,(H,38,42)/t28-/m0/s1. The van der Waals surface area contributed by atoms with Crippen LogP contribution < -0.4 is 16.2 Å². The van der Waals surface area contributed by atoms with E-state index in [9.17, 15) is 23.2 Å². The van der Waals surface area contributed by atoms with Gasteiger partial charge in [0, 0.05) is 37.4 Å². The van der Waals surface area contributed by atoms with Crippen molar-refractivity contribution in [2.75, 3.05) is 33.1 Å². The number of carbonyl (C=O) groups excluding carboxylic acids is 2. The number of amides is 2. The fourth-order valence-electron chi connectivity index (χ4n) is 5.11. The molecule has 1 atom stereocenters. The number of aromatic nitrogens is 3. The molecule has 2 amide bonds. The molecule has 5 rings (SSSR count). The number of hydrogen-bond donors (Lipinski definition) is 2. The van der Waals surface area contributed by atoms with Gasteiger partial charge < -0.3 is 24.7 Å². The number of nitrogens with one attached hydrogen (secondary N) is 2. The highest BCUT2D eigenvalue weighted by molar-refractivity contribution is 5.96. The first-order valence-corrected chi connectivity index (χ1v) is 13.9. The lowest BCUT2D eigenvalue weighted by Gasteiger charge is -2.18. The third kappa shape index (κ3) is 6.00. The van der Waals surface area contributed by atoms with E-state index in [1.807, 2.05) is 23.8 Å². The molecule has 0 aliphatic rings. The molecule has 44 heavy (non-hydrogen) atoms.